The van der Waals surface area contributed by atoms with Gasteiger partial charge in [-0.25, -0.2) is 9.97 Å². The number of aromatic amines is 1. The number of nitrogens with zero attached hydrogens (tertiary/aromatic N) is 5. The van der Waals surface area contributed by atoms with Crippen LogP contribution in [0.4, 0.5) is 17.3 Å². The number of nitrogens with one attached hydrogen (secondary N) is 2. The maximum Gasteiger partial charge on any atom is 0.276 e. The molecule has 4 aromatic rings. The summed E-state index contributed by atoms with van der Waals surface area (Å²) in [5.74, 6) is 1.04. The number of likely N-dealkylation sites (N-methyl/N-ethyl adjacent to an activating group) is 1. The Morgan fingerprint density at radius 1 is 1.03 bits per heavy atom. The van der Waals surface area contributed by atoms with Gasteiger partial charge in [0, 0.05) is 43.5 Å². The van der Waals surface area contributed by atoms with Crippen LogP contribution >= 0.6 is 0 Å². The number of methoxy groups -OCH3 is 1. The molecule has 2 aromatic carbocycles. The van der Waals surface area contributed by atoms with Crippen molar-refractivity contribution < 1.29 is 4.74 Å². The molecule has 0 unspecified atom stereocenters. The second-order valence-corrected chi connectivity index (χ2v) is 8.01. The molecule has 2 N–H and O–H groups in total. The van der Waals surface area contributed by atoms with Gasteiger partial charge in [-0.1, -0.05) is 30.3 Å². The van der Waals surface area contributed by atoms with Gasteiger partial charge in [0.25, 0.3) is 5.56 Å². The summed E-state index contributed by atoms with van der Waals surface area (Å²) < 4.78 is 5.62. The van der Waals surface area contributed by atoms with Gasteiger partial charge in [-0.2, -0.15) is 4.98 Å². The highest BCUT2D eigenvalue weighted by Crippen LogP contribution is 2.32. The quantitative estimate of drug-likeness (QED) is 0.486. The number of H-pyrrole nitrogens is 1. The molecular weight excluding hydrogens is 418 g/mol. The van der Waals surface area contributed by atoms with E-state index in [2.05, 4.69) is 48.2 Å². The van der Waals surface area contributed by atoms with Crippen molar-refractivity contribution >= 4 is 28.5 Å². The van der Waals surface area contributed by atoms with E-state index in [0.29, 0.717) is 28.6 Å². The Morgan fingerprint density at radius 3 is 2.58 bits per heavy atom. The monoisotopic (exact) mass is 443 g/mol. The number of rotatable bonds is 5. The minimum Gasteiger partial charge on any atom is -0.494 e. The van der Waals surface area contributed by atoms with Crippen LogP contribution in [0.3, 0.4) is 0 Å². The number of anilines is 3. The highest BCUT2D eigenvalue weighted by Gasteiger charge is 2.16. The summed E-state index contributed by atoms with van der Waals surface area (Å²) >= 11 is 0. The Bertz CT molecular complexity index is 1330. The molecule has 0 atom stereocenters. The summed E-state index contributed by atoms with van der Waals surface area (Å²) in [6, 6.07) is 15.4. The van der Waals surface area contributed by atoms with E-state index in [1.54, 1.807) is 13.3 Å². The lowest BCUT2D eigenvalue weighted by molar-refractivity contribution is 0.312. The smallest absolute Gasteiger partial charge is 0.276 e. The zero-order valence-electron chi connectivity index (χ0n) is 18.6. The molecule has 9 heteroatoms. The summed E-state index contributed by atoms with van der Waals surface area (Å²) in [5.41, 5.74) is 3.52. The Labute approximate surface area is 191 Å². The molecule has 0 radical (unpaired) electrons. The molecule has 0 amide bonds. The summed E-state index contributed by atoms with van der Waals surface area (Å²) in [4.78, 5) is 33.4. The Balaban J connectivity index is 1.41. The fourth-order valence-corrected chi connectivity index (χ4v) is 3.90. The van der Waals surface area contributed by atoms with E-state index in [0.717, 1.165) is 43.1 Å². The van der Waals surface area contributed by atoms with Crippen LogP contribution in [0.25, 0.3) is 22.4 Å². The van der Waals surface area contributed by atoms with E-state index in [1.807, 2.05) is 42.5 Å². The number of hydrogen-bond donors (Lipinski definition) is 2. The molecule has 0 saturated carbocycles. The number of hydrogen-bond acceptors (Lipinski definition) is 8. The fourth-order valence-electron chi connectivity index (χ4n) is 3.90. The molecule has 3 heterocycles. The SMILES string of the molecule is COc1cc(N2CCN(C)CC2)ccc1Nc1ncc2nc(-c3ccccc3)c(=O)[nH]c2n1. The van der Waals surface area contributed by atoms with Crippen LogP contribution in [0.15, 0.2) is 59.5 Å². The van der Waals surface area contributed by atoms with Gasteiger partial charge in [0.15, 0.2) is 5.65 Å². The van der Waals surface area contributed by atoms with Crippen molar-refractivity contribution in [3.8, 4) is 17.0 Å². The predicted octanol–water partition coefficient (Wildman–Crippen LogP) is 2.88. The summed E-state index contributed by atoms with van der Waals surface area (Å²) in [7, 11) is 3.78. The summed E-state index contributed by atoms with van der Waals surface area (Å²) in [6.07, 6.45) is 1.60. The first-order chi connectivity index (χ1) is 16.1. The van der Waals surface area contributed by atoms with E-state index in [-0.39, 0.29) is 5.56 Å². The van der Waals surface area contributed by atoms with Gasteiger partial charge in [-0.3, -0.25) is 4.79 Å². The topological polar surface area (TPSA) is 99.3 Å². The molecule has 5 rings (SSSR count). The van der Waals surface area contributed by atoms with Crippen LogP contribution in [0.1, 0.15) is 0 Å². The third kappa shape index (κ3) is 4.35. The van der Waals surface area contributed by atoms with Gasteiger partial charge in [-0.15, -0.1) is 0 Å². The average Bonchev–Trinajstić information content (AvgIpc) is 2.85. The van der Waals surface area contributed by atoms with Crippen LogP contribution in [-0.4, -0.2) is 65.2 Å². The second kappa shape index (κ2) is 8.87. The van der Waals surface area contributed by atoms with E-state index in [9.17, 15) is 4.79 Å². The molecule has 0 spiro atoms. The maximum atomic E-state index is 12.6. The fraction of sp³-hybridized carbons (Fsp3) is 0.250. The maximum absolute atomic E-state index is 12.6. The lowest BCUT2D eigenvalue weighted by atomic mass is 10.1. The van der Waals surface area contributed by atoms with Crippen molar-refractivity contribution in [2.24, 2.45) is 0 Å². The van der Waals surface area contributed by atoms with Crippen molar-refractivity contribution in [2.75, 3.05) is 50.6 Å². The average molecular weight is 444 g/mol. The van der Waals surface area contributed by atoms with Crippen molar-refractivity contribution in [2.45, 2.75) is 0 Å². The third-order valence-electron chi connectivity index (χ3n) is 5.80. The van der Waals surface area contributed by atoms with Crippen LogP contribution < -0.4 is 20.5 Å². The molecule has 2 aromatic heterocycles. The molecule has 168 valence electrons. The Hall–Kier alpha value is -3.98. The minimum atomic E-state index is -0.299. The molecule has 1 saturated heterocycles. The van der Waals surface area contributed by atoms with Gasteiger partial charge < -0.3 is 24.8 Å². The van der Waals surface area contributed by atoms with Crippen molar-refractivity contribution in [1.29, 1.82) is 0 Å². The number of benzene rings is 2. The number of ether oxygens (including phenoxy) is 1. The van der Waals surface area contributed by atoms with Crippen molar-refractivity contribution in [3.63, 3.8) is 0 Å². The van der Waals surface area contributed by atoms with Crippen LogP contribution in [0.2, 0.25) is 0 Å². The molecule has 1 aliphatic rings. The standard InChI is InChI=1S/C24H25N7O2/c1-30-10-12-31(13-11-30)17-8-9-18(20(14-17)33-2)27-24-25-15-19-22(29-24)28-23(32)21(26-19)16-6-4-3-5-7-16/h3-9,14-15H,10-13H2,1-2H3,(H2,25,27,28,29,32). The third-order valence-corrected chi connectivity index (χ3v) is 5.80. The highest BCUT2D eigenvalue weighted by atomic mass is 16.5. The highest BCUT2D eigenvalue weighted by molar-refractivity contribution is 5.75. The molecule has 1 aliphatic heterocycles. The second-order valence-electron chi connectivity index (χ2n) is 8.01. The summed E-state index contributed by atoms with van der Waals surface area (Å²) in [6.45, 7) is 4.02. The lowest BCUT2D eigenvalue weighted by Crippen LogP contribution is -2.44. The minimum absolute atomic E-state index is 0.299. The number of piperazine rings is 1. The van der Waals surface area contributed by atoms with E-state index < -0.39 is 0 Å². The van der Waals surface area contributed by atoms with Crippen LogP contribution in [-0.2, 0) is 0 Å². The van der Waals surface area contributed by atoms with Gasteiger partial charge in [0.05, 0.1) is 19.0 Å². The molecule has 0 bridgehead atoms. The normalized spacial score (nSPS) is 14.4. The first-order valence-corrected chi connectivity index (χ1v) is 10.8. The van der Waals surface area contributed by atoms with E-state index in [4.69, 9.17) is 4.74 Å². The summed E-state index contributed by atoms with van der Waals surface area (Å²) in [5, 5.41) is 3.19. The Morgan fingerprint density at radius 2 is 1.82 bits per heavy atom. The number of aromatic nitrogens is 4. The molecular formula is C24H25N7O2. The zero-order chi connectivity index (χ0) is 22.8. The molecule has 33 heavy (non-hydrogen) atoms. The van der Waals surface area contributed by atoms with Crippen molar-refractivity contribution in [3.05, 3.63) is 65.1 Å². The van der Waals surface area contributed by atoms with Gasteiger partial charge >= 0.3 is 0 Å². The van der Waals surface area contributed by atoms with Gasteiger partial charge in [-0.05, 0) is 19.2 Å². The zero-order valence-corrected chi connectivity index (χ0v) is 18.6. The largest absolute Gasteiger partial charge is 0.494 e. The molecule has 9 nitrogen and oxygen atoms in total. The first kappa shape index (κ1) is 20.9. The first-order valence-electron chi connectivity index (χ1n) is 10.8. The Kier molecular flexibility index (Phi) is 5.62. The predicted molar refractivity (Wildman–Crippen MR) is 129 cm³/mol. The lowest BCUT2D eigenvalue weighted by Gasteiger charge is -2.34. The van der Waals surface area contributed by atoms with Crippen LogP contribution in [0.5, 0.6) is 5.75 Å². The van der Waals surface area contributed by atoms with Gasteiger partial charge in [0.1, 0.15) is 17.0 Å². The van der Waals surface area contributed by atoms with Gasteiger partial charge in [0.2, 0.25) is 5.95 Å². The van der Waals surface area contributed by atoms with E-state index >= 15 is 0 Å². The molecule has 0 aliphatic carbocycles. The van der Waals surface area contributed by atoms with Crippen molar-refractivity contribution in [1.82, 2.24) is 24.8 Å². The number of fused-ring (bicyclic) bond motifs is 1. The molecule has 1 fully saturated rings. The van der Waals surface area contributed by atoms with Crippen LogP contribution in [0, 0.1) is 0 Å². The van der Waals surface area contributed by atoms with E-state index in [1.165, 1.54) is 0 Å².